The molecule has 0 spiro atoms. The maximum atomic E-state index is 12.4. The zero-order chi connectivity index (χ0) is 15.6. The summed E-state index contributed by atoms with van der Waals surface area (Å²) in [5.41, 5.74) is 6.97. The average molecular weight is 288 g/mol. The minimum atomic E-state index is -1.06. The lowest BCUT2D eigenvalue weighted by atomic mass is 10.1. The van der Waals surface area contributed by atoms with E-state index in [1.54, 1.807) is 19.3 Å². The van der Waals surface area contributed by atoms with Gasteiger partial charge in [0.25, 0.3) is 5.91 Å². The summed E-state index contributed by atoms with van der Waals surface area (Å²) < 4.78 is 1.54. The van der Waals surface area contributed by atoms with Crippen molar-refractivity contribution in [3.63, 3.8) is 0 Å². The molecule has 2 rings (SSSR count). The first-order chi connectivity index (χ1) is 9.93. The average Bonchev–Trinajstić information content (AvgIpc) is 2.87. The number of amides is 1. The predicted molar refractivity (Wildman–Crippen MR) is 78.4 cm³/mol. The number of hydrogen-bond acceptors (Lipinski definition) is 4. The number of rotatable bonds is 4. The largest absolute Gasteiger partial charge is 0.478 e. The summed E-state index contributed by atoms with van der Waals surface area (Å²) in [5.74, 6) is -1.35. The molecule has 0 atom stereocenters. The van der Waals surface area contributed by atoms with Gasteiger partial charge in [0.05, 0.1) is 16.9 Å². The number of nitrogens with zero attached hydrogens (tertiary/aromatic N) is 3. The zero-order valence-electron chi connectivity index (χ0n) is 11.8. The molecule has 0 aliphatic rings. The van der Waals surface area contributed by atoms with Crippen LogP contribution in [0.4, 0.5) is 11.4 Å². The Balaban J connectivity index is 2.37. The molecule has 0 radical (unpaired) electrons. The fourth-order valence-corrected chi connectivity index (χ4v) is 2.02. The number of nitrogen functional groups attached to an aromatic ring is 1. The summed E-state index contributed by atoms with van der Waals surface area (Å²) >= 11 is 0. The molecule has 1 heterocycles. The number of aryl methyl sites for hydroxylation is 1. The lowest BCUT2D eigenvalue weighted by Crippen LogP contribution is -2.31. The Bertz CT molecular complexity index is 693. The molecule has 0 unspecified atom stereocenters. The number of benzene rings is 1. The van der Waals surface area contributed by atoms with Gasteiger partial charge in [-0.25, -0.2) is 4.79 Å². The first kappa shape index (κ1) is 14.6. The second-order valence-electron chi connectivity index (χ2n) is 4.50. The van der Waals surface area contributed by atoms with Crippen LogP contribution in [-0.2, 0) is 7.05 Å². The number of carboxylic acid groups (broad SMARTS) is 1. The maximum Gasteiger partial charge on any atom is 0.335 e. The van der Waals surface area contributed by atoms with Crippen LogP contribution in [0.5, 0.6) is 0 Å². The van der Waals surface area contributed by atoms with E-state index in [1.165, 1.54) is 27.8 Å². The van der Waals surface area contributed by atoms with Gasteiger partial charge in [0, 0.05) is 19.8 Å². The van der Waals surface area contributed by atoms with Crippen molar-refractivity contribution in [1.82, 2.24) is 9.78 Å². The normalized spacial score (nSPS) is 10.4. The number of anilines is 2. The quantitative estimate of drug-likeness (QED) is 0.827. The summed E-state index contributed by atoms with van der Waals surface area (Å²) in [5, 5.41) is 13.0. The predicted octanol–water partition coefficient (Wildman–Crippen LogP) is 1.37. The van der Waals surface area contributed by atoms with E-state index in [4.69, 9.17) is 10.8 Å². The lowest BCUT2D eigenvalue weighted by Gasteiger charge is -2.22. The van der Waals surface area contributed by atoms with E-state index in [0.717, 1.165) is 0 Å². The van der Waals surface area contributed by atoms with Crippen LogP contribution in [-0.4, -0.2) is 33.3 Å². The fraction of sp³-hybridized carbons (Fsp3) is 0.214. The first-order valence-corrected chi connectivity index (χ1v) is 6.38. The van der Waals surface area contributed by atoms with Crippen molar-refractivity contribution in [3.05, 3.63) is 41.7 Å². The van der Waals surface area contributed by atoms with Crippen molar-refractivity contribution < 1.29 is 14.7 Å². The molecule has 1 aromatic carbocycles. The Labute approximate surface area is 121 Å². The summed E-state index contributed by atoms with van der Waals surface area (Å²) in [6.07, 6.45) is 1.68. The van der Waals surface area contributed by atoms with E-state index in [0.29, 0.717) is 17.9 Å². The van der Waals surface area contributed by atoms with Gasteiger partial charge in [-0.15, -0.1) is 0 Å². The maximum absolute atomic E-state index is 12.4. The molecule has 0 fully saturated rings. The standard InChI is InChI=1S/C14H16N4O3/c1-3-18(13(19)11-6-7-17(2)16-11)12-5-4-9(14(20)21)8-10(12)15/h4-8H,3,15H2,1-2H3,(H,20,21). The monoisotopic (exact) mass is 288 g/mol. The highest BCUT2D eigenvalue weighted by Crippen LogP contribution is 2.25. The van der Waals surface area contributed by atoms with Crippen LogP contribution in [0.1, 0.15) is 27.8 Å². The Morgan fingerprint density at radius 2 is 2.10 bits per heavy atom. The van der Waals surface area contributed by atoms with Crippen molar-refractivity contribution >= 4 is 23.3 Å². The SMILES string of the molecule is CCN(C(=O)c1ccn(C)n1)c1ccc(C(=O)O)cc1N. The molecule has 7 heteroatoms. The van der Waals surface area contributed by atoms with E-state index < -0.39 is 5.97 Å². The fourth-order valence-electron chi connectivity index (χ4n) is 2.02. The van der Waals surface area contributed by atoms with Gasteiger partial charge in [-0.1, -0.05) is 0 Å². The van der Waals surface area contributed by atoms with E-state index >= 15 is 0 Å². The van der Waals surface area contributed by atoms with Crippen molar-refractivity contribution in [3.8, 4) is 0 Å². The minimum absolute atomic E-state index is 0.0811. The number of aromatic carboxylic acids is 1. The summed E-state index contributed by atoms with van der Waals surface area (Å²) in [7, 11) is 1.73. The summed E-state index contributed by atoms with van der Waals surface area (Å²) in [6.45, 7) is 2.21. The van der Waals surface area contributed by atoms with Gasteiger partial charge in [0.2, 0.25) is 0 Å². The van der Waals surface area contributed by atoms with Gasteiger partial charge in [0.15, 0.2) is 5.69 Å². The van der Waals surface area contributed by atoms with Gasteiger partial charge in [-0.3, -0.25) is 9.48 Å². The number of carboxylic acids is 1. The third-order valence-corrected chi connectivity index (χ3v) is 3.06. The van der Waals surface area contributed by atoms with Crippen molar-refractivity contribution in [2.24, 2.45) is 7.05 Å². The molecule has 3 N–H and O–H groups in total. The van der Waals surface area contributed by atoms with Crippen molar-refractivity contribution in [2.45, 2.75) is 6.92 Å². The molecule has 110 valence electrons. The number of aromatic nitrogens is 2. The van der Waals surface area contributed by atoms with Crippen LogP contribution in [0.25, 0.3) is 0 Å². The van der Waals surface area contributed by atoms with Crippen LogP contribution in [0, 0.1) is 0 Å². The molecule has 0 bridgehead atoms. The van der Waals surface area contributed by atoms with Crippen molar-refractivity contribution in [2.75, 3.05) is 17.2 Å². The topological polar surface area (TPSA) is 101 Å². The first-order valence-electron chi connectivity index (χ1n) is 6.38. The van der Waals surface area contributed by atoms with E-state index in [-0.39, 0.29) is 17.2 Å². The van der Waals surface area contributed by atoms with Gasteiger partial charge >= 0.3 is 5.97 Å². The van der Waals surface area contributed by atoms with Gasteiger partial charge in [-0.2, -0.15) is 5.10 Å². The van der Waals surface area contributed by atoms with E-state index in [1.807, 2.05) is 6.92 Å². The second kappa shape index (κ2) is 5.66. The Kier molecular flexibility index (Phi) is 3.93. The Morgan fingerprint density at radius 1 is 1.38 bits per heavy atom. The number of hydrogen-bond donors (Lipinski definition) is 2. The Morgan fingerprint density at radius 3 is 2.57 bits per heavy atom. The molecule has 1 aromatic heterocycles. The van der Waals surface area contributed by atoms with Gasteiger partial charge in [0.1, 0.15) is 0 Å². The van der Waals surface area contributed by atoms with Gasteiger partial charge < -0.3 is 15.7 Å². The van der Waals surface area contributed by atoms with Gasteiger partial charge in [-0.05, 0) is 31.2 Å². The van der Waals surface area contributed by atoms with Crippen LogP contribution in [0.15, 0.2) is 30.5 Å². The molecule has 2 aromatic rings. The highest BCUT2D eigenvalue weighted by atomic mass is 16.4. The van der Waals surface area contributed by atoms with Crippen LogP contribution < -0.4 is 10.6 Å². The second-order valence-corrected chi connectivity index (χ2v) is 4.50. The molecule has 0 saturated heterocycles. The van der Waals surface area contributed by atoms with Crippen LogP contribution >= 0.6 is 0 Å². The molecule has 0 aliphatic heterocycles. The molecule has 1 amide bonds. The summed E-state index contributed by atoms with van der Waals surface area (Å²) in [6, 6.07) is 5.91. The highest BCUT2D eigenvalue weighted by molar-refractivity contribution is 6.06. The van der Waals surface area contributed by atoms with Crippen LogP contribution in [0.3, 0.4) is 0 Å². The number of carbonyl (C=O) groups is 2. The molecule has 21 heavy (non-hydrogen) atoms. The Hall–Kier alpha value is -2.83. The van der Waals surface area contributed by atoms with Crippen molar-refractivity contribution in [1.29, 1.82) is 0 Å². The molecular weight excluding hydrogens is 272 g/mol. The molecule has 0 saturated carbocycles. The van der Waals surface area contributed by atoms with E-state index in [9.17, 15) is 9.59 Å². The summed E-state index contributed by atoms with van der Waals surface area (Å²) in [4.78, 5) is 24.8. The van der Waals surface area contributed by atoms with E-state index in [2.05, 4.69) is 5.10 Å². The van der Waals surface area contributed by atoms with Crippen LogP contribution in [0.2, 0.25) is 0 Å². The number of carbonyl (C=O) groups excluding carboxylic acids is 1. The smallest absolute Gasteiger partial charge is 0.335 e. The number of nitrogens with two attached hydrogens (primary N) is 1. The minimum Gasteiger partial charge on any atom is -0.478 e. The third kappa shape index (κ3) is 2.86. The third-order valence-electron chi connectivity index (χ3n) is 3.06. The molecule has 0 aliphatic carbocycles. The molecular formula is C14H16N4O3. The molecule has 7 nitrogen and oxygen atoms in total. The highest BCUT2D eigenvalue weighted by Gasteiger charge is 2.20. The lowest BCUT2D eigenvalue weighted by molar-refractivity contribution is 0.0697. The zero-order valence-corrected chi connectivity index (χ0v) is 11.8.